The number of methoxy groups -OCH3 is 4. The maximum atomic E-state index is 13.6. The predicted octanol–water partition coefficient (Wildman–Crippen LogP) is 1.44. The summed E-state index contributed by atoms with van der Waals surface area (Å²) in [5, 5.41) is 33.3. The SMILES string of the molecule is COc1cc2c(O[C@@H]3OC[C@@H](OC)[C@H](OC)[C@H]3O[C@@H]3O[C@H](COC(C)=O)[C@@H](O)[C@H](O)[C@H]3O)c3c(c(-c4ccc5c(c4)OCO5)c2cc1OC)C(=O)OC3. The highest BCUT2D eigenvalue weighted by molar-refractivity contribution is 6.14. The van der Waals surface area contributed by atoms with E-state index in [1.807, 2.05) is 6.07 Å². The Hall–Kier alpha value is -4.46. The minimum Gasteiger partial charge on any atom is -0.493 e. The molecule has 3 aromatic carbocycles. The van der Waals surface area contributed by atoms with E-state index in [4.69, 9.17) is 56.8 Å². The number of cyclic esters (lactones) is 1. The maximum Gasteiger partial charge on any atom is 0.339 e. The number of ether oxygens (including phenoxy) is 12. The van der Waals surface area contributed by atoms with Gasteiger partial charge in [0.15, 0.2) is 35.4 Å². The van der Waals surface area contributed by atoms with E-state index in [0.717, 1.165) is 0 Å². The Balaban J connectivity index is 1.33. The molecule has 4 aliphatic rings. The van der Waals surface area contributed by atoms with Gasteiger partial charge in [-0.3, -0.25) is 4.79 Å². The second-order valence-electron chi connectivity index (χ2n) is 12.7. The lowest BCUT2D eigenvalue weighted by molar-refractivity contribution is -0.351. The normalized spacial score (nSPS) is 29.1. The van der Waals surface area contributed by atoms with Crippen LogP contribution in [0.4, 0.5) is 0 Å². The van der Waals surface area contributed by atoms with Gasteiger partial charge in [0.05, 0.1) is 26.4 Å². The zero-order chi connectivity index (χ0) is 37.6. The van der Waals surface area contributed by atoms with Crippen LogP contribution in [-0.4, -0.2) is 131 Å². The topological polar surface area (TPSA) is 206 Å². The van der Waals surface area contributed by atoms with Gasteiger partial charge in [0.25, 0.3) is 0 Å². The highest BCUT2D eigenvalue weighted by Crippen LogP contribution is 2.50. The Labute approximate surface area is 303 Å². The van der Waals surface area contributed by atoms with Crippen molar-refractivity contribution in [1.82, 2.24) is 0 Å². The Morgan fingerprint density at radius 3 is 2.26 bits per heavy atom. The van der Waals surface area contributed by atoms with Gasteiger partial charge in [0, 0.05) is 37.7 Å². The molecule has 0 bridgehead atoms. The van der Waals surface area contributed by atoms with Gasteiger partial charge in [-0.2, -0.15) is 0 Å². The standard InChI is InChI=1S/C36H40O17/c1-15(37)46-12-24-28(38)29(39)30(40)35(51-24)53-33-32(45-5)25(44-4)13-48-36(33)52-31-18-10-22(43-3)21(42-2)9-17(18)26(27-19(31)11-47-34(27)41)16-6-7-20-23(8-16)50-14-49-20/h6-10,24-25,28-30,32-33,35-36,38-40H,11-14H2,1-5H3/t24-,25-,28-,29+,30-,32+,33-,35+,36+/m1/s1. The van der Waals surface area contributed by atoms with Crippen molar-refractivity contribution in [3.8, 4) is 39.9 Å². The second-order valence-corrected chi connectivity index (χ2v) is 12.7. The first kappa shape index (κ1) is 36.9. The van der Waals surface area contributed by atoms with E-state index in [2.05, 4.69) is 0 Å². The predicted molar refractivity (Wildman–Crippen MR) is 178 cm³/mol. The lowest BCUT2D eigenvalue weighted by Crippen LogP contribution is -2.63. The van der Waals surface area contributed by atoms with Gasteiger partial charge >= 0.3 is 11.9 Å². The molecular weight excluding hydrogens is 704 g/mol. The monoisotopic (exact) mass is 744 g/mol. The van der Waals surface area contributed by atoms with Crippen molar-refractivity contribution in [2.45, 2.75) is 68.8 Å². The van der Waals surface area contributed by atoms with Gasteiger partial charge < -0.3 is 72.2 Å². The molecule has 53 heavy (non-hydrogen) atoms. The number of aliphatic hydroxyl groups excluding tert-OH is 3. The summed E-state index contributed by atoms with van der Waals surface area (Å²) in [4.78, 5) is 25.1. The molecule has 4 aliphatic heterocycles. The molecule has 0 radical (unpaired) electrons. The molecular formula is C36H40O17. The molecule has 3 aromatic rings. The molecule has 4 heterocycles. The van der Waals surface area contributed by atoms with E-state index < -0.39 is 73.9 Å². The van der Waals surface area contributed by atoms with Crippen LogP contribution in [0.2, 0.25) is 0 Å². The Morgan fingerprint density at radius 1 is 0.830 bits per heavy atom. The van der Waals surface area contributed by atoms with E-state index in [1.54, 1.807) is 24.3 Å². The van der Waals surface area contributed by atoms with Crippen LogP contribution in [0.5, 0.6) is 28.7 Å². The third kappa shape index (κ3) is 6.67. The van der Waals surface area contributed by atoms with Crippen molar-refractivity contribution in [2.75, 3.05) is 48.4 Å². The first-order valence-corrected chi connectivity index (χ1v) is 16.7. The van der Waals surface area contributed by atoms with E-state index in [-0.39, 0.29) is 31.3 Å². The summed E-state index contributed by atoms with van der Waals surface area (Å²) in [5.74, 6) is 0.773. The van der Waals surface area contributed by atoms with Crippen LogP contribution in [-0.2, 0) is 44.6 Å². The fourth-order valence-corrected chi connectivity index (χ4v) is 7.01. The first-order valence-electron chi connectivity index (χ1n) is 16.7. The minimum atomic E-state index is -1.76. The Kier molecular flexibility index (Phi) is 10.5. The fourth-order valence-electron chi connectivity index (χ4n) is 7.01. The highest BCUT2D eigenvalue weighted by atomic mass is 16.8. The van der Waals surface area contributed by atoms with Gasteiger partial charge in [-0.1, -0.05) is 6.07 Å². The molecule has 3 N–H and O–H groups in total. The van der Waals surface area contributed by atoms with E-state index in [9.17, 15) is 24.9 Å². The van der Waals surface area contributed by atoms with Crippen molar-refractivity contribution >= 4 is 22.7 Å². The number of fused-ring (bicyclic) bond motifs is 3. The van der Waals surface area contributed by atoms with Crippen molar-refractivity contribution in [2.24, 2.45) is 0 Å². The molecule has 17 nitrogen and oxygen atoms in total. The van der Waals surface area contributed by atoms with E-state index >= 15 is 0 Å². The smallest absolute Gasteiger partial charge is 0.339 e. The number of hydrogen-bond donors (Lipinski definition) is 3. The van der Waals surface area contributed by atoms with Gasteiger partial charge in [0.2, 0.25) is 13.1 Å². The zero-order valence-electron chi connectivity index (χ0n) is 29.5. The molecule has 7 rings (SSSR count). The molecule has 9 atom stereocenters. The number of esters is 2. The third-order valence-electron chi connectivity index (χ3n) is 9.68. The summed E-state index contributed by atoms with van der Waals surface area (Å²) in [5.41, 5.74) is 1.81. The molecule has 2 fully saturated rings. The Morgan fingerprint density at radius 2 is 1.57 bits per heavy atom. The number of aliphatic hydroxyl groups is 3. The summed E-state index contributed by atoms with van der Waals surface area (Å²) in [6.07, 6.45) is -12.1. The van der Waals surface area contributed by atoms with Crippen LogP contribution >= 0.6 is 0 Å². The summed E-state index contributed by atoms with van der Waals surface area (Å²) >= 11 is 0. The number of carbonyl (C=O) groups excluding carboxylic acids is 2. The third-order valence-corrected chi connectivity index (χ3v) is 9.68. The minimum absolute atomic E-state index is 0.0218. The average molecular weight is 745 g/mol. The zero-order valence-corrected chi connectivity index (χ0v) is 29.5. The maximum absolute atomic E-state index is 13.6. The van der Waals surface area contributed by atoms with Crippen molar-refractivity contribution < 1.29 is 81.8 Å². The summed E-state index contributed by atoms with van der Waals surface area (Å²) < 4.78 is 69.5. The van der Waals surface area contributed by atoms with Gasteiger partial charge in [0.1, 0.15) is 55.6 Å². The van der Waals surface area contributed by atoms with Crippen molar-refractivity contribution in [3.63, 3.8) is 0 Å². The van der Waals surface area contributed by atoms with Crippen LogP contribution in [0.1, 0.15) is 22.8 Å². The molecule has 286 valence electrons. The molecule has 0 aromatic heterocycles. The molecule has 2 saturated heterocycles. The number of carbonyl (C=O) groups is 2. The van der Waals surface area contributed by atoms with E-state index in [0.29, 0.717) is 50.5 Å². The van der Waals surface area contributed by atoms with Crippen LogP contribution in [0.3, 0.4) is 0 Å². The molecule has 0 amide bonds. The van der Waals surface area contributed by atoms with Crippen LogP contribution in [0.15, 0.2) is 30.3 Å². The van der Waals surface area contributed by atoms with Gasteiger partial charge in [-0.05, 0) is 35.2 Å². The summed E-state index contributed by atoms with van der Waals surface area (Å²) in [6, 6.07) is 8.77. The second kappa shape index (κ2) is 15.1. The lowest BCUT2D eigenvalue weighted by Gasteiger charge is -2.45. The quantitative estimate of drug-likeness (QED) is 0.238. The molecule has 0 spiro atoms. The Bertz CT molecular complexity index is 1860. The largest absolute Gasteiger partial charge is 0.493 e. The molecule has 0 unspecified atom stereocenters. The summed E-state index contributed by atoms with van der Waals surface area (Å²) in [7, 11) is 5.86. The van der Waals surface area contributed by atoms with Crippen molar-refractivity contribution in [1.29, 1.82) is 0 Å². The number of benzene rings is 3. The fraction of sp³-hybridized carbons (Fsp3) is 0.500. The van der Waals surface area contributed by atoms with Gasteiger partial charge in [-0.25, -0.2) is 4.79 Å². The average Bonchev–Trinajstić information content (AvgIpc) is 3.80. The lowest BCUT2D eigenvalue weighted by atomic mass is 9.89. The molecule has 0 aliphatic carbocycles. The molecule has 17 heteroatoms. The van der Waals surface area contributed by atoms with E-state index in [1.165, 1.54) is 35.4 Å². The number of rotatable bonds is 11. The highest BCUT2D eigenvalue weighted by Gasteiger charge is 2.51. The molecule has 0 saturated carbocycles. The van der Waals surface area contributed by atoms with Crippen LogP contribution in [0.25, 0.3) is 21.9 Å². The summed E-state index contributed by atoms with van der Waals surface area (Å²) in [6.45, 7) is 0.638. The van der Waals surface area contributed by atoms with Crippen LogP contribution < -0.4 is 23.7 Å². The van der Waals surface area contributed by atoms with Crippen LogP contribution in [0, 0.1) is 0 Å². The van der Waals surface area contributed by atoms with Crippen molar-refractivity contribution in [3.05, 3.63) is 41.5 Å². The first-order chi connectivity index (χ1) is 25.6. The number of hydrogen-bond acceptors (Lipinski definition) is 17. The van der Waals surface area contributed by atoms with Gasteiger partial charge in [-0.15, -0.1) is 0 Å².